The molecule has 0 bridgehead atoms. The molecule has 6 heteroatoms. The third-order valence-electron chi connectivity index (χ3n) is 5.03. The number of rotatable bonds is 9. The van der Waals surface area contributed by atoms with E-state index in [0.717, 1.165) is 28.8 Å². The predicted molar refractivity (Wildman–Crippen MR) is 123 cm³/mol. The van der Waals surface area contributed by atoms with Crippen molar-refractivity contribution in [2.75, 3.05) is 19.8 Å². The number of ether oxygens (including phenoxy) is 2. The van der Waals surface area contributed by atoms with Gasteiger partial charge in [0.1, 0.15) is 5.75 Å². The number of amides is 1. The first kappa shape index (κ1) is 22.2. The molecule has 3 rings (SSSR count). The fourth-order valence-corrected chi connectivity index (χ4v) is 4.24. The zero-order chi connectivity index (χ0) is 21.5. The third kappa shape index (κ3) is 5.37. The zero-order valence-corrected chi connectivity index (χ0v) is 19.1. The first-order valence-electron chi connectivity index (χ1n) is 10.5. The Bertz CT molecular complexity index is 1060. The topological polar surface area (TPSA) is 52.8 Å². The molecule has 1 aromatic heterocycles. The summed E-state index contributed by atoms with van der Waals surface area (Å²) in [5, 5.41) is 0. The van der Waals surface area contributed by atoms with Crippen LogP contribution in [0.15, 0.2) is 41.4 Å². The smallest absolute Gasteiger partial charge is 0.279 e. The Balaban J connectivity index is 1.91. The molecule has 0 aliphatic heterocycles. The third-order valence-corrected chi connectivity index (χ3v) is 6.07. The molecule has 0 N–H and O–H groups in total. The van der Waals surface area contributed by atoms with E-state index < -0.39 is 0 Å². The first-order chi connectivity index (χ1) is 14.5. The lowest BCUT2D eigenvalue weighted by atomic mass is 10.1. The van der Waals surface area contributed by atoms with Crippen molar-refractivity contribution in [2.45, 2.75) is 47.1 Å². The number of hydrogen-bond donors (Lipinski definition) is 0. The van der Waals surface area contributed by atoms with E-state index in [4.69, 9.17) is 9.47 Å². The molecule has 0 atom stereocenters. The molecule has 1 heterocycles. The fourth-order valence-electron chi connectivity index (χ4n) is 3.10. The van der Waals surface area contributed by atoms with E-state index in [1.54, 1.807) is 12.1 Å². The van der Waals surface area contributed by atoms with Crippen LogP contribution >= 0.6 is 11.3 Å². The zero-order valence-electron chi connectivity index (χ0n) is 18.2. The van der Waals surface area contributed by atoms with Gasteiger partial charge in [-0.2, -0.15) is 4.99 Å². The van der Waals surface area contributed by atoms with Gasteiger partial charge < -0.3 is 14.0 Å². The van der Waals surface area contributed by atoms with Gasteiger partial charge in [-0.15, -0.1) is 0 Å². The highest BCUT2D eigenvalue weighted by Crippen LogP contribution is 2.22. The molecule has 30 heavy (non-hydrogen) atoms. The van der Waals surface area contributed by atoms with E-state index in [1.165, 1.54) is 22.5 Å². The fraction of sp³-hybridized carbons (Fsp3) is 0.417. The number of carbonyl (C=O) groups is 1. The van der Waals surface area contributed by atoms with Crippen LogP contribution in [-0.2, 0) is 11.3 Å². The highest BCUT2D eigenvalue weighted by molar-refractivity contribution is 7.16. The molecule has 0 spiro atoms. The lowest BCUT2D eigenvalue weighted by Crippen LogP contribution is -2.19. The summed E-state index contributed by atoms with van der Waals surface area (Å²) in [4.78, 5) is 18.0. The van der Waals surface area contributed by atoms with Crippen LogP contribution < -0.4 is 9.54 Å². The lowest BCUT2D eigenvalue weighted by molar-refractivity contribution is 0.0996. The number of aromatic nitrogens is 1. The van der Waals surface area contributed by atoms with Gasteiger partial charge in [-0.05, 0) is 74.7 Å². The number of benzene rings is 2. The molecule has 0 aliphatic carbocycles. The Morgan fingerprint density at radius 3 is 2.50 bits per heavy atom. The molecule has 1 amide bonds. The van der Waals surface area contributed by atoms with Gasteiger partial charge in [0.15, 0.2) is 4.80 Å². The quantitative estimate of drug-likeness (QED) is 0.438. The van der Waals surface area contributed by atoms with Crippen LogP contribution in [0.4, 0.5) is 0 Å². The van der Waals surface area contributed by atoms with Crippen molar-refractivity contribution >= 4 is 27.5 Å². The summed E-state index contributed by atoms with van der Waals surface area (Å²) in [6, 6.07) is 11.6. The van der Waals surface area contributed by atoms with Crippen LogP contribution in [0, 0.1) is 13.8 Å². The van der Waals surface area contributed by atoms with E-state index in [2.05, 4.69) is 42.5 Å². The highest BCUT2D eigenvalue weighted by atomic mass is 32.1. The number of aryl methyl sites for hydroxylation is 2. The summed E-state index contributed by atoms with van der Waals surface area (Å²) >= 11 is 1.54. The summed E-state index contributed by atoms with van der Waals surface area (Å²) in [6.07, 6.45) is 2.11. The van der Waals surface area contributed by atoms with Crippen molar-refractivity contribution in [2.24, 2.45) is 4.99 Å². The van der Waals surface area contributed by atoms with Gasteiger partial charge in [0, 0.05) is 18.7 Å². The van der Waals surface area contributed by atoms with Crippen LogP contribution in [0.1, 0.15) is 48.2 Å². The second kappa shape index (κ2) is 10.5. The SMILES string of the molecule is CCCCOc1ccc(C(=O)N=c2sc3cc(C)c(C)cc3n2CCOCC)cc1. The molecular weight excluding hydrogens is 396 g/mol. The minimum absolute atomic E-state index is 0.250. The van der Waals surface area contributed by atoms with Gasteiger partial charge in [0.2, 0.25) is 0 Å². The summed E-state index contributed by atoms with van der Waals surface area (Å²) in [5.41, 5.74) is 4.10. The van der Waals surface area contributed by atoms with Crippen LogP contribution in [-0.4, -0.2) is 30.3 Å². The van der Waals surface area contributed by atoms with E-state index >= 15 is 0 Å². The Hall–Kier alpha value is -2.44. The Morgan fingerprint density at radius 2 is 1.80 bits per heavy atom. The summed E-state index contributed by atoms with van der Waals surface area (Å²) < 4.78 is 14.4. The normalized spacial score (nSPS) is 11.9. The van der Waals surface area contributed by atoms with Crippen LogP contribution in [0.5, 0.6) is 5.75 Å². The second-order valence-electron chi connectivity index (χ2n) is 7.28. The molecule has 160 valence electrons. The average Bonchev–Trinajstić information content (AvgIpc) is 3.05. The maximum atomic E-state index is 12.8. The van der Waals surface area contributed by atoms with Crippen molar-refractivity contribution in [3.63, 3.8) is 0 Å². The van der Waals surface area contributed by atoms with E-state index in [1.807, 2.05) is 19.1 Å². The minimum atomic E-state index is -0.250. The first-order valence-corrected chi connectivity index (χ1v) is 11.3. The number of carbonyl (C=O) groups excluding carboxylic acids is 1. The van der Waals surface area contributed by atoms with Gasteiger partial charge in [0.05, 0.1) is 23.4 Å². The van der Waals surface area contributed by atoms with Gasteiger partial charge in [0.25, 0.3) is 5.91 Å². The molecular formula is C24H30N2O3S. The van der Waals surface area contributed by atoms with Gasteiger partial charge in [-0.25, -0.2) is 0 Å². The lowest BCUT2D eigenvalue weighted by Gasteiger charge is -2.07. The number of unbranched alkanes of at least 4 members (excludes halogenated alkanes) is 1. The van der Waals surface area contributed by atoms with Gasteiger partial charge in [-0.3, -0.25) is 4.79 Å². The number of hydrogen-bond acceptors (Lipinski definition) is 4. The van der Waals surface area contributed by atoms with Crippen molar-refractivity contribution in [3.05, 3.63) is 57.9 Å². The van der Waals surface area contributed by atoms with Crippen molar-refractivity contribution in [3.8, 4) is 5.75 Å². The molecule has 0 fully saturated rings. The summed E-state index contributed by atoms with van der Waals surface area (Å²) in [5.74, 6) is 0.528. The minimum Gasteiger partial charge on any atom is -0.494 e. The standard InChI is InChI=1S/C24H30N2O3S/c1-5-7-13-29-20-10-8-19(9-11-20)23(27)25-24-26(12-14-28-6-2)21-15-17(3)18(4)16-22(21)30-24/h8-11,15-16H,5-7,12-14H2,1-4H3. The summed E-state index contributed by atoms with van der Waals surface area (Å²) in [7, 11) is 0. The van der Waals surface area contributed by atoms with Crippen molar-refractivity contribution < 1.29 is 14.3 Å². The predicted octanol–water partition coefficient (Wildman–Crippen LogP) is 5.28. The Morgan fingerprint density at radius 1 is 1.07 bits per heavy atom. The maximum absolute atomic E-state index is 12.8. The van der Waals surface area contributed by atoms with Crippen LogP contribution in [0.3, 0.4) is 0 Å². The molecule has 5 nitrogen and oxygen atoms in total. The number of nitrogens with zero attached hydrogens (tertiary/aromatic N) is 2. The largest absolute Gasteiger partial charge is 0.494 e. The van der Waals surface area contributed by atoms with Gasteiger partial charge in [-0.1, -0.05) is 24.7 Å². The van der Waals surface area contributed by atoms with Crippen LogP contribution in [0.25, 0.3) is 10.2 Å². The molecule has 0 unspecified atom stereocenters. The van der Waals surface area contributed by atoms with Crippen molar-refractivity contribution in [1.82, 2.24) is 4.57 Å². The number of thiazole rings is 1. The molecule has 0 saturated heterocycles. The van der Waals surface area contributed by atoms with Gasteiger partial charge >= 0.3 is 0 Å². The molecule has 0 aliphatic rings. The maximum Gasteiger partial charge on any atom is 0.279 e. The monoisotopic (exact) mass is 426 g/mol. The van der Waals surface area contributed by atoms with Crippen LogP contribution in [0.2, 0.25) is 0 Å². The molecule has 3 aromatic rings. The Kier molecular flexibility index (Phi) is 7.82. The molecule has 0 radical (unpaired) electrons. The van der Waals surface area contributed by atoms with E-state index in [-0.39, 0.29) is 5.91 Å². The molecule has 2 aromatic carbocycles. The number of fused-ring (bicyclic) bond motifs is 1. The average molecular weight is 427 g/mol. The highest BCUT2D eigenvalue weighted by Gasteiger charge is 2.11. The molecule has 0 saturated carbocycles. The van der Waals surface area contributed by atoms with E-state index in [0.29, 0.717) is 36.7 Å². The second-order valence-corrected chi connectivity index (χ2v) is 8.29. The summed E-state index contributed by atoms with van der Waals surface area (Å²) in [6.45, 7) is 10.9. The van der Waals surface area contributed by atoms with Crippen molar-refractivity contribution in [1.29, 1.82) is 0 Å². The Labute approximate surface area is 182 Å². The van der Waals surface area contributed by atoms with E-state index in [9.17, 15) is 4.79 Å².